The van der Waals surface area contributed by atoms with E-state index < -0.39 is 0 Å². The van der Waals surface area contributed by atoms with Crippen LogP contribution in [-0.2, 0) is 19.9 Å². The van der Waals surface area contributed by atoms with Crippen molar-refractivity contribution in [1.82, 2.24) is 20.1 Å². The summed E-state index contributed by atoms with van der Waals surface area (Å²) in [5.74, 6) is 2.91. The van der Waals surface area contributed by atoms with E-state index in [0.717, 1.165) is 49.9 Å². The van der Waals surface area contributed by atoms with Gasteiger partial charge in [0.05, 0.1) is 0 Å². The van der Waals surface area contributed by atoms with Gasteiger partial charge in [-0.3, -0.25) is 4.68 Å². The fourth-order valence-corrected chi connectivity index (χ4v) is 1.73. The lowest BCUT2D eigenvalue weighted by Gasteiger charge is -2.26. The average molecular weight is 194 g/mol. The Hall–Kier alpha value is -0.900. The number of nitrogens with one attached hydrogen (secondary N) is 1. The van der Waals surface area contributed by atoms with Gasteiger partial charge in [0.15, 0.2) is 5.82 Å². The molecule has 4 nitrogen and oxygen atoms in total. The highest BCUT2D eigenvalue weighted by molar-refractivity contribution is 4.96. The highest BCUT2D eigenvalue weighted by atomic mass is 15.3. The Morgan fingerprint density at radius 1 is 1.50 bits per heavy atom. The topological polar surface area (TPSA) is 42.7 Å². The van der Waals surface area contributed by atoms with Crippen LogP contribution in [0.3, 0.4) is 0 Å². The predicted molar refractivity (Wildman–Crippen MR) is 55.1 cm³/mol. The molecule has 1 N–H and O–H groups in total. The third kappa shape index (κ3) is 1.95. The number of rotatable bonds is 4. The highest BCUT2D eigenvalue weighted by Gasteiger charge is 2.19. The van der Waals surface area contributed by atoms with E-state index in [-0.39, 0.29) is 0 Å². The smallest absolute Gasteiger partial charge is 0.150 e. The van der Waals surface area contributed by atoms with E-state index in [2.05, 4.69) is 22.3 Å². The van der Waals surface area contributed by atoms with Gasteiger partial charge in [0.2, 0.25) is 0 Å². The first kappa shape index (κ1) is 9.65. The van der Waals surface area contributed by atoms with Crippen molar-refractivity contribution in [2.24, 2.45) is 13.0 Å². The molecule has 0 spiro atoms. The van der Waals surface area contributed by atoms with Gasteiger partial charge >= 0.3 is 0 Å². The van der Waals surface area contributed by atoms with Crippen LogP contribution in [0.15, 0.2) is 0 Å². The number of nitrogens with zero attached hydrogens (tertiary/aromatic N) is 3. The standard InChI is InChI=1S/C10H18N4/c1-3-4-9-12-10(14(2)13-9)5-8-6-11-7-8/h8,11H,3-7H2,1-2H3. The third-order valence-electron chi connectivity index (χ3n) is 2.71. The summed E-state index contributed by atoms with van der Waals surface area (Å²) in [7, 11) is 1.99. The maximum Gasteiger partial charge on any atom is 0.150 e. The van der Waals surface area contributed by atoms with Crippen LogP contribution in [0, 0.1) is 5.92 Å². The summed E-state index contributed by atoms with van der Waals surface area (Å²) in [5, 5.41) is 7.67. The van der Waals surface area contributed by atoms with E-state index in [1.165, 1.54) is 0 Å². The van der Waals surface area contributed by atoms with Gasteiger partial charge in [0.25, 0.3) is 0 Å². The Kier molecular flexibility index (Phi) is 2.82. The van der Waals surface area contributed by atoms with Crippen molar-refractivity contribution in [3.05, 3.63) is 11.6 Å². The molecule has 0 aromatic carbocycles. The quantitative estimate of drug-likeness (QED) is 0.760. The van der Waals surface area contributed by atoms with Crippen LogP contribution in [0.2, 0.25) is 0 Å². The van der Waals surface area contributed by atoms with Gasteiger partial charge in [0.1, 0.15) is 5.82 Å². The lowest BCUT2D eigenvalue weighted by atomic mass is 9.99. The van der Waals surface area contributed by atoms with E-state index in [4.69, 9.17) is 0 Å². The minimum Gasteiger partial charge on any atom is -0.316 e. The van der Waals surface area contributed by atoms with Gasteiger partial charge in [-0.05, 0) is 25.4 Å². The molecule has 1 aromatic heterocycles. The number of aryl methyl sites for hydroxylation is 2. The molecule has 1 aliphatic rings. The molecule has 0 aliphatic carbocycles. The van der Waals surface area contributed by atoms with E-state index >= 15 is 0 Å². The molecule has 14 heavy (non-hydrogen) atoms. The fraction of sp³-hybridized carbons (Fsp3) is 0.800. The first-order valence-electron chi connectivity index (χ1n) is 5.39. The maximum absolute atomic E-state index is 4.55. The van der Waals surface area contributed by atoms with E-state index in [9.17, 15) is 0 Å². The van der Waals surface area contributed by atoms with Crippen molar-refractivity contribution >= 4 is 0 Å². The summed E-state index contributed by atoms with van der Waals surface area (Å²) in [5.41, 5.74) is 0. The second-order valence-electron chi connectivity index (χ2n) is 4.05. The van der Waals surface area contributed by atoms with Gasteiger partial charge in [-0.1, -0.05) is 6.92 Å². The molecule has 0 bridgehead atoms. The van der Waals surface area contributed by atoms with Crippen LogP contribution in [0.1, 0.15) is 25.0 Å². The van der Waals surface area contributed by atoms with Gasteiger partial charge in [-0.25, -0.2) is 4.98 Å². The zero-order chi connectivity index (χ0) is 9.97. The zero-order valence-corrected chi connectivity index (χ0v) is 8.95. The molecule has 0 saturated carbocycles. The Bertz CT molecular complexity index is 301. The first-order valence-corrected chi connectivity index (χ1v) is 5.39. The van der Waals surface area contributed by atoms with Crippen molar-refractivity contribution in [2.45, 2.75) is 26.2 Å². The van der Waals surface area contributed by atoms with Crippen molar-refractivity contribution in [2.75, 3.05) is 13.1 Å². The van der Waals surface area contributed by atoms with Crippen molar-refractivity contribution in [3.63, 3.8) is 0 Å². The Balaban J connectivity index is 2.00. The fourth-order valence-electron chi connectivity index (χ4n) is 1.73. The minimum atomic E-state index is 0.771. The second kappa shape index (κ2) is 4.09. The normalized spacial score (nSPS) is 17.0. The lowest BCUT2D eigenvalue weighted by molar-refractivity contribution is 0.337. The van der Waals surface area contributed by atoms with E-state index in [1.54, 1.807) is 0 Å². The molecule has 78 valence electrons. The second-order valence-corrected chi connectivity index (χ2v) is 4.05. The summed E-state index contributed by atoms with van der Waals surface area (Å²) in [4.78, 5) is 4.55. The molecule has 0 radical (unpaired) electrons. The Morgan fingerprint density at radius 3 is 2.86 bits per heavy atom. The molecule has 4 heteroatoms. The number of aromatic nitrogens is 3. The van der Waals surface area contributed by atoms with Crippen LogP contribution in [-0.4, -0.2) is 27.9 Å². The van der Waals surface area contributed by atoms with Crippen LogP contribution >= 0.6 is 0 Å². The summed E-state index contributed by atoms with van der Waals surface area (Å²) in [6.07, 6.45) is 3.19. The van der Waals surface area contributed by atoms with Gasteiger partial charge in [-0.15, -0.1) is 0 Å². The SMILES string of the molecule is CCCc1nc(CC2CNC2)n(C)n1. The molecular weight excluding hydrogens is 176 g/mol. The van der Waals surface area contributed by atoms with Gasteiger partial charge in [-0.2, -0.15) is 5.10 Å². The van der Waals surface area contributed by atoms with E-state index in [0.29, 0.717) is 0 Å². The van der Waals surface area contributed by atoms with Crippen molar-refractivity contribution < 1.29 is 0 Å². The van der Waals surface area contributed by atoms with E-state index in [1.807, 2.05) is 11.7 Å². The zero-order valence-electron chi connectivity index (χ0n) is 8.95. The third-order valence-corrected chi connectivity index (χ3v) is 2.71. The molecule has 2 rings (SSSR count). The molecule has 1 saturated heterocycles. The minimum absolute atomic E-state index is 0.771. The highest BCUT2D eigenvalue weighted by Crippen LogP contribution is 2.10. The lowest BCUT2D eigenvalue weighted by Crippen LogP contribution is -2.43. The monoisotopic (exact) mass is 194 g/mol. The van der Waals surface area contributed by atoms with Crippen LogP contribution < -0.4 is 5.32 Å². The Morgan fingerprint density at radius 2 is 2.29 bits per heavy atom. The molecule has 0 atom stereocenters. The van der Waals surface area contributed by atoms with Crippen molar-refractivity contribution in [3.8, 4) is 0 Å². The maximum atomic E-state index is 4.55. The number of hydrogen-bond acceptors (Lipinski definition) is 3. The summed E-state index contributed by atoms with van der Waals surface area (Å²) < 4.78 is 1.93. The molecular formula is C10H18N4. The summed E-state index contributed by atoms with van der Waals surface area (Å²) >= 11 is 0. The Labute approximate surface area is 84.7 Å². The number of hydrogen-bond donors (Lipinski definition) is 1. The molecule has 0 amide bonds. The largest absolute Gasteiger partial charge is 0.316 e. The molecule has 2 heterocycles. The molecule has 0 unspecified atom stereocenters. The average Bonchev–Trinajstić information content (AvgIpc) is 2.40. The van der Waals surface area contributed by atoms with Crippen molar-refractivity contribution in [1.29, 1.82) is 0 Å². The summed E-state index contributed by atoms with van der Waals surface area (Å²) in [6, 6.07) is 0. The molecule has 1 aromatic rings. The molecule has 1 fully saturated rings. The van der Waals surface area contributed by atoms with Gasteiger partial charge in [0, 0.05) is 19.9 Å². The van der Waals surface area contributed by atoms with Crippen LogP contribution in [0.25, 0.3) is 0 Å². The molecule has 1 aliphatic heterocycles. The predicted octanol–water partition coefficient (Wildman–Crippen LogP) is 0.529. The van der Waals surface area contributed by atoms with Crippen LogP contribution in [0.5, 0.6) is 0 Å². The first-order chi connectivity index (χ1) is 6.79. The van der Waals surface area contributed by atoms with Gasteiger partial charge < -0.3 is 5.32 Å². The van der Waals surface area contributed by atoms with Crippen LogP contribution in [0.4, 0.5) is 0 Å². The summed E-state index contributed by atoms with van der Waals surface area (Å²) in [6.45, 7) is 4.43.